The van der Waals surface area contributed by atoms with E-state index in [9.17, 15) is 14.3 Å². The summed E-state index contributed by atoms with van der Waals surface area (Å²) in [6, 6.07) is 11.1. The molecule has 3 rings (SSSR count). The van der Waals surface area contributed by atoms with Gasteiger partial charge in [-0.15, -0.1) is 0 Å². The number of para-hydroxylation sites is 1. The summed E-state index contributed by atoms with van der Waals surface area (Å²) in [6.45, 7) is 0. The lowest BCUT2D eigenvalue weighted by molar-refractivity contribution is -0.116. The minimum Gasteiger partial charge on any atom is -0.506 e. The number of benzene rings is 2. The minimum absolute atomic E-state index is 0.119. The lowest BCUT2D eigenvalue weighted by atomic mass is 10.2. The standard InChI is InChI=1S/C19H18FN3O4/c1-26-13-10-8-12(9-11-13)19-22-17(27-23-19)7-3-6-16(25)21-18-14(20)4-2-5-15(18)24/h2,4-5,8-11,24H,3,6-7H2,1H3,(H,21,25). The van der Waals surface area contributed by atoms with Crippen molar-refractivity contribution in [3.8, 4) is 22.9 Å². The van der Waals surface area contributed by atoms with Crippen molar-refractivity contribution < 1.29 is 23.6 Å². The molecule has 8 heteroatoms. The average Bonchev–Trinajstić information content (AvgIpc) is 3.14. The number of hydrogen-bond donors (Lipinski definition) is 2. The molecule has 1 heterocycles. The maximum absolute atomic E-state index is 13.6. The first-order valence-electron chi connectivity index (χ1n) is 8.31. The van der Waals surface area contributed by atoms with E-state index in [-0.39, 0.29) is 17.9 Å². The summed E-state index contributed by atoms with van der Waals surface area (Å²) in [7, 11) is 1.59. The number of aromatic nitrogens is 2. The monoisotopic (exact) mass is 371 g/mol. The van der Waals surface area contributed by atoms with Crippen LogP contribution in [-0.4, -0.2) is 28.3 Å². The number of hydrogen-bond acceptors (Lipinski definition) is 6. The number of phenolic OH excluding ortho intramolecular Hbond substituents is 1. The van der Waals surface area contributed by atoms with Crippen LogP contribution < -0.4 is 10.1 Å². The lowest BCUT2D eigenvalue weighted by Crippen LogP contribution is -2.12. The number of anilines is 1. The van der Waals surface area contributed by atoms with Crippen molar-refractivity contribution in [3.05, 3.63) is 54.2 Å². The Labute approximate surface area is 154 Å². The number of methoxy groups -OCH3 is 1. The van der Waals surface area contributed by atoms with Gasteiger partial charge in [0.1, 0.15) is 17.2 Å². The molecule has 0 aliphatic carbocycles. The van der Waals surface area contributed by atoms with E-state index in [1.165, 1.54) is 12.1 Å². The predicted octanol–water partition coefficient (Wildman–Crippen LogP) is 3.55. The molecule has 7 nitrogen and oxygen atoms in total. The van der Waals surface area contributed by atoms with E-state index in [1.54, 1.807) is 19.2 Å². The van der Waals surface area contributed by atoms with Gasteiger partial charge in [0.2, 0.25) is 17.6 Å². The Bertz CT molecular complexity index is 905. The van der Waals surface area contributed by atoms with E-state index in [0.29, 0.717) is 24.6 Å². The molecule has 3 aromatic rings. The normalized spacial score (nSPS) is 10.6. The fraction of sp³-hybridized carbons (Fsp3) is 0.211. The van der Waals surface area contributed by atoms with Gasteiger partial charge in [0.25, 0.3) is 0 Å². The summed E-state index contributed by atoms with van der Waals surface area (Å²) in [6.07, 6.45) is 0.957. The van der Waals surface area contributed by atoms with Crippen LogP contribution in [0.2, 0.25) is 0 Å². The van der Waals surface area contributed by atoms with Crippen molar-refractivity contribution in [3.63, 3.8) is 0 Å². The molecule has 27 heavy (non-hydrogen) atoms. The topological polar surface area (TPSA) is 97.5 Å². The third-order valence-electron chi connectivity index (χ3n) is 3.87. The van der Waals surface area contributed by atoms with E-state index in [1.807, 2.05) is 12.1 Å². The van der Waals surface area contributed by atoms with Gasteiger partial charge in [-0.2, -0.15) is 4.98 Å². The number of amides is 1. The van der Waals surface area contributed by atoms with Gasteiger partial charge in [-0.05, 0) is 42.8 Å². The zero-order chi connectivity index (χ0) is 19.2. The number of carbonyl (C=O) groups excluding carboxylic acids is 1. The van der Waals surface area contributed by atoms with Crippen molar-refractivity contribution >= 4 is 11.6 Å². The molecule has 0 aliphatic heterocycles. The lowest BCUT2D eigenvalue weighted by Gasteiger charge is -2.07. The van der Waals surface area contributed by atoms with Gasteiger partial charge in [-0.1, -0.05) is 11.2 Å². The molecule has 2 aromatic carbocycles. The number of nitrogens with one attached hydrogen (secondary N) is 1. The first-order valence-corrected chi connectivity index (χ1v) is 8.31. The van der Waals surface area contributed by atoms with Crippen molar-refractivity contribution in [1.82, 2.24) is 10.1 Å². The molecule has 0 fully saturated rings. The maximum Gasteiger partial charge on any atom is 0.226 e. The fourth-order valence-electron chi connectivity index (χ4n) is 2.45. The summed E-state index contributed by atoms with van der Waals surface area (Å²) in [4.78, 5) is 16.2. The molecule has 0 saturated heterocycles. The molecule has 2 N–H and O–H groups in total. The average molecular weight is 371 g/mol. The van der Waals surface area contributed by atoms with Crippen molar-refractivity contribution in [1.29, 1.82) is 0 Å². The number of carbonyl (C=O) groups is 1. The SMILES string of the molecule is COc1ccc(-c2noc(CCCC(=O)Nc3c(O)cccc3F)n2)cc1. The van der Waals surface area contributed by atoms with E-state index >= 15 is 0 Å². The van der Waals surface area contributed by atoms with Gasteiger partial charge in [-0.25, -0.2) is 4.39 Å². The molecular weight excluding hydrogens is 353 g/mol. The molecule has 140 valence electrons. The molecule has 1 amide bonds. The van der Waals surface area contributed by atoms with E-state index in [4.69, 9.17) is 9.26 Å². The third-order valence-corrected chi connectivity index (χ3v) is 3.87. The summed E-state index contributed by atoms with van der Waals surface area (Å²) < 4.78 is 23.9. The highest BCUT2D eigenvalue weighted by Crippen LogP contribution is 2.26. The first kappa shape index (κ1) is 18.4. The molecular formula is C19H18FN3O4. The van der Waals surface area contributed by atoms with Crippen LogP contribution in [0.25, 0.3) is 11.4 Å². The summed E-state index contributed by atoms with van der Waals surface area (Å²) in [5.41, 5.74) is 0.570. The predicted molar refractivity (Wildman–Crippen MR) is 95.9 cm³/mol. The largest absolute Gasteiger partial charge is 0.506 e. The van der Waals surface area contributed by atoms with Crippen LogP contribution in [0.5, 0.6) is 11.5 Å². The second-order valence-corrected chi connectivity index (χ2v) is 5.78. The Morgan fingerprint density at radius 1 is 1.26 bits per heavy atom. The van der Waals surface area contributed by atoms with Crippen LogP contribution in [0.15, 0.2) is 47.0 Å². The summed E-state index contributed by atoms with van der Waals surface area (Å²) in [5.74, 6) is 0.171. The van der Waals surface area contributed by atoms with Crippen LogP contribution >= 0.6 is 0 Å². The molecule has 0 unspecified atom stereocenters. The van der Waals surface area contributed by atoms with Gasteiger partial charge in [-0.3, -0.25) is 4.79 Å². The highest BCUT2D eigenvalue weighted by atomic mass is 19.1. The number of aromatic hydroxyl groups is 1. The minimum atomic E-state index is -0.690. The van der Waals surface area contributed by atoms with E-state index in [2.05, 4.69) is 15.5 Å². The Morgan fingerprint density at radius 2 is 2.04 bits per heavy atom. The smallest absolute Gasteiger partial charge is 0.226 e. The molecule has 0 atom stereocenters. The van der Waals surface area contributed by atoms with Gasteiger partial charge < -0.3 is 19.7 Å². The van der Waals surface area contributed by atoms with Crippen molar-refractivity contribution in [2.75, 3.05) is 12.4 Å². The molecule has 0 bridgehead atoms. The number of rotatable bonds is 7. The highest BCUT2D eigenvalue weighted by Gasteiger charge is 2.13. The summed E-state index contributed by atoms with van der Waals surface area (Å²) >= 11 is 0. The van der Waals surface area contributed by atoms with Crippen molar-refractivity contribution in [2.24, 2.45) is 0 Å². The summed E-state index contributed by atoms with van der Waals surface area (Å²) in [5, 5.41) is 15.9. The number of halogens is 1. The van der Waals surface area contributed by atoms with Crippen LogP contribution in [0.4, 0.5) is 10.1 Å². The highest BCUT2D eigenvalue weighted by molar-refractivity contribution is 5.92. The second-order valence-electron chi connectivity index (χ2n) is 5.78. The molecule has 0 aliphatic rings. The first-order chi connectivity index (χ1) is 13.1. The second kappa shape index (κ2) is 8.31. The Kier molecular flexibility index (Phi) is 5.65. The van der Waals surface area contributed by atoms with Crippen molar-refractivity contribution in [2.45, 2.75) is 19.3 Å². The Balaban J connectivity index is 1.52. The Hall–Kier alpha value is -3.42. The van der Waals surface area contributed by atoms with Gasteiger partial charge in [0, 0.05) is 18.4 Å². The Morgan fingerprint density at radius 3 is 2.74 bits per heavy atom. The van der Waals surface area contributed by atoms with E-state index in [0.717, 1.165) is 17.4 Å². The maximum atomic E-state index is 13.6. The molecule has 0 spiro atoms. The van der Waals surface area contributed by atoms with Gasteiger partial charge in [0.15, 0.2) is 5.82 Å². The number of phenols is 1. The van der Waals surface area contributed by atoms with Gasteiger partial charge >= 0.3 is 0 Å². The van der Waals surface area contributed by atoms with Gasteiger partial charge in [0.05, 0.1) is 7.11 Å². The fourth-order valence-corrected chi connectivity index (χ4v) is 2.45. The van der Waals surface area contributed by atoms with Crippen LogP contribution in [-0.2, 0) is 11.2 Å². The van der Waals surface area contributed by atoms with E-state index < -0.39 is 11.7 Å². The van der Waals surface area contributed by atoms with Crippen LogP contribution in [0, 0.1) is 5.82 Å². The third kappa shape index (κ3) is 4.60. The zero-order valence-electron chi connectivity index (χ0n) is 14.6. The molecule has 1 aromatic heterocycles. The zero-order valence-corrected chi connectivity index (χ0v) is 14.6. The number of nitrogens with zero attached hydrogens (tertiary/aromatic N) is 2. The molecule has 0 radical (unpaired) electrons. The molecule has 0 saturated carbocycles. The quantitative estimate of drug-likeness (QED) is 0.617. The number of ether oxygens (including phenoxy) is 1. The number of aryl methyl sites for hydroxylation is 1. The van der Waals surface area contributed by atoms with Crippen LogP contribution in [0.1, 0.15) is 18.7 Å². The van der Waals surface area contributed by atoms with Crippen LogP contribution in [0.3, 0.4) is 0 Å².